The number of fused-ring (bicyclic) bond motifs is 1. The minimum absolute atomic E-state index is 0.233. The number of hydrogen-bond acceptors (Lipinski definition) is 3. The first-order valence-corrected chi connectivity index (χ1v) is 10.8. The molecule has 0 spiro atoms. The van der Waals surface area contributed by atoms with Crippen LogP contribution in [0.15, 0.2) is 48.8 Å². The van der Waals surface area contributed by atoms with Crippen molar-refractivity contribution in [3.63, 3.8) is 0 Å². The van der Waals surface area contributed by atoms with Crippen LogP contribution in [0.2, 0.25) is 0 Å². The van der Waals surface area contributed by atoms with Gasteiger partial charge < -0.3 is 15.2 Å². The summed E-state index contributed by atoms with van der Waals surface area (Å²) in [6.45, 7) is 4.84. The van der Waals surface area contributed by atoms with Gasteiger partial charge in [-0.05, 0) is 42.3 Å². The molecule has 3 heterocycles. The van der Waals surface area contributed by atoms with Crippen LogP contribution in [0.25, 0.3) is 10.9 Å². The zero-order valence-corrected chi connectivity index (χ0v) is 17.8. The Morgan fingerprint density at radius 2 is 2.00 bits per heavy atom. The average Bonchev–Trinajstić information content (AvgIpc) is 3.12. The molecular weight excluding hydrogens is 395 g/mol. The normalized spacial score (nSPS) is 19.8. The largest absolute Gasteiger partial charge is 0.347 e. The molecule has 0 radical (unpaired) electrons. The van der Waals surface area contributed by atoms with E-state index in [9.17, 15) is 14.0 Å². The number of unbranched alkanes of at least 4 members (excludes halogenated alkanes) is 1. The number of halogens is 1. The van der Waals surface area contributed by atoms with E-state index in [2.05, 4.69) is 27.1 Å². The lowest BCUT2D eigenvalue weighted by molar-refractivity contribution is -0.137. The van der Waals surface area contributed by atoms with Crippen molar-refractivity contribution in [1.29, 1.82) is 0 Å². The van der Waals surface area contributed by atoms with Gasteiger partial charge in [-0.2, -0.15) is 0 Å². The van der Waals surface area contributed by atoms with Crippen molar-refractivity contribution in [3.05, 3.63) is 65.9 Å². The highest BCUT2D eigenvalue weighted by Gasteiger charge is 2.38. The smallest absolute Gasteiger partial charge is 0.243 e. The lowest BCUT2D eigenvalue weighted by atomic mass is 9.90. The number of rotatable bonds is 7. The van der Waals surface area contributed by atoms with Gasteiger partial charge in [-0.1, -0.05) is 26.3 Å². The summed E-state index contributed by atoms with van der Waals surface area (Å²) in [4.78, 5) is 29.9. The summed E-state index contributed by atoms with van der Waals surface area (Å²) >= 11 is 0. The Morgan fingerprint density at radius 3 is 2.74 bits per heavy atom. The summed E-state index contributed by atoms with van der Waals surface area (Å²) < 4.78 is 16.1. The number of carbonyl (C=O) groups is 2. The van der Waals surface area contributed by atoms with Crippen LogP contribution in [0.4, 0.5) is 4.39 Å². The topological polar surface area (TPSA) is 76.0 Å². The molecule has 1 aliphatic heterocycles. The van der Waals surface area contributed by atoms with Gasteiger partial charge in [-0.25, -0.2) is 4.39 Å². The molecule has 4 rings (SSSR count). The number of amides is 2. The lowest BCUT2D eigenvalue weighted by Gasteiger charge is -2.32. The van der Waals surface area contributed by atoms with E-state index in [1.165, 1.54) is 12.1 Å². The van der Waals surface area contributed by atoms with Crippen LogP contribution >= 0.6 is 0 Å². The number of piperazine rings is 1. The van der Waals surface area contributed by atoms with E-state index in [0.717, 1.165) is 41.5 Å². The van der Waals surface area contributed by atoms with E-state index in [0.29, 0.717) is 6.42 Å². The molecule has 6 nitrogen and oxygen atoms in total. The minimum atomic E-state index is -0.721. The molecule has 1 aliphatic rings. The molecule has 2 aromatic heterocycles. The van der Waals surface area contributed by atoms with Crippen molar-refractivity contribution in [3.8, 4) is 0 Å². The van der Waals surface area contributed by atoms with E-state index in [1.54, 1.807) is 18.3 Å². The molecule has 0 saturated carbocycles. The minimum Gasteiger partial charge on any atom is -0.347 e. The number of benzene rings is 1. The van der Waals surface area contributed by atoms with Crippen molar-refractivity contribution < 1.29 is 14.0 Å². The highest BCUT2D eigenvalue weighted by Crippen LogP contribution is 2.31. The Bertz CT molecular complexity index is 1100. The van der Waals surface area contributed by atoms with Crippen LogP contribution in [0.3, 0.4) is 0 Å². The summed E-state index contributed by atoms with van der Waals surface area (Å²) in [5, 5.41) is 6.51. The SMILES string of the molecule is CCCCn1cc([C@@H](C)[C@H]2NC(=O)[C@@H](Cc3ccccn3)NC2=O)c2cc(F)ccc21. The Balaban J connectivity index is 1.58. The third-order valence-electron chi connectivity index (χ3n) is 5.97. The number of pyridine rings is 1. The first kappa shape index (κ1) is 21.0. The molecule has 31 heavy (non-hydrogen) atoms. The predicted molar refractivity (Wildman–Crippen MR) is 117 cm³/mol. The summed E-state index contributed by atoms with van der Waals surface area (Å²) in [5.74, 6) is -1.10. The zero-order chi connectivity index (χ0) is 22.0. The molecule has 2 amide bonds. The third kappa shape index (κ3) is 4.31. The van der Waals surface area contributed by atoms with Gasteiger partial charge in [0.25, 0.3) is 0 Å². The zero-order valence-electron chi connectivity index (χ0n) is 17.8. The average molecular weight is 423 g/mol. The van der Waals surface area contributed by atoms with Gasteiger partial charge in [0, 0.05) is 47.9 Å². The fraction of sp³-hybridized carbons (Fsp3) is 0.375. The molecule has 3 aromatic rings. The second-order valence-electron chi connectivity index (χ2n) is 8.15. The highest BCUT2D eigenvalue weighted by molar-refractivity contribution is 5.98. The predicted octanol–water partition coefficient (Wildman–Crippen LogP) is 3.30. The number of aryl methyl sites for hydroxylation is 1. The summed E-state index contributed by atoms with van der Waals surface area (Å²) in [5.41, 5.74) is 2.53. The fourth-order valence-corrected chi connectivity index (χ4v) is 4.22. The van der Waals surface area contributed by atoms with Gasteiger partial charge in [0.2, 0.25) is 11.8 Å². The maximum Gasteiger partial charge on any atom is 0.243 e. The molecule has 1 aromatic carbocycles. The molecule has 0 bridgehead atoms. The summed E-state index contributed by atoms with van der Waals surface area (Å²) in [6, 6.07) is 8.85. The fourth-order valence-electron chi connectivity index (χ4n) is 4.22. The van der Waals surface area contributed by atoms with Gasteiger partial charge in [0.1, 0.15) is 17.9 Å². The molecule has 2 N–H and O–H groups in total. The van der Waals surface area contributed by atoms with E-state index < -0.39 is 12.1 Å². The van der Waals surface area contributed by atoms with Crippen molar-refractivity contribution >= 4 is 22.7 Å². The van der Waals surface area contributed by atoms with Crippen LogP contribution in [-0.4, -0.2) is 33.4 Å². The first-order chi connectivity index (χ1) is 15.0. The Labute approximate surface area is 180 Å². The Morgan fingerprint density at radius 1 is 1.16 bits per heavy atom. The maximum absolute atomic E-state index is 14.0. The van der Waals surface area contributed by atoms with Crippen LogP contribution in [-0.2, 0) is 22.6 Å². The molecular formula is C24H27FN4O2. The Kier molecular flexibility index (Phi) is 6.02. The van der Waals surface area contributed by atoms with E-state index >= 15 is 0 Å². The van der Waals surface area contributed by atoms with Gasteiger partial charge in [0.05, 0.1) is 0 Å². The standard InChI is InChI=1S/C24H27FN4O2/c1-3-4-11-29-14-19(18-12-16(25)8-9-21(18)29)15(2)22-24(31)27-20(23(30)28-22)13-17-7-5-6-10-26-17/h5-10,12,14-15,20,22H,3-4,11,13H2,1-2H3,(H,27,31)(H,28,30)/t15-,20-,22-/m1/s1. The van der Waals surface area contributed by atoms with Gasteiger partial charge in [0.15, 0.2) is 0 Å². The van der Waals surface area contributed by atoms with Gasteiger partial charge >= 0.3 is 0 Å². The van der Waals surface area contributed by atoms with Crippen LogP contribution in [0, 0.1) is 5.82 Å². The molecule has 1 fully saturated rings. The summed E-state index contributed by atoms with van der Waals surface area (Å²) in [6.07, 6.45) is 6.04. The van der Waals surface area contributed by atoms with E-state index in [4.69, 9.17) is 0 Å². The monoisotopic (exact) mass is 422 g/mol. The summed E-state index contributed by atoms with van der Waals surface area (Å²) in [7, 11) is 0. The molecule has 7 heteroatoms. The molecule has 162 valence electrons. The molecule has 0 unspecified atom stereocenters. The van der Waals surface area contributed by atoms with Crippen LogP contribution in [0.1, 0.15) is 43.9 Å². The van der Waals surface area contributed by atoms with Crippen molar-refractivity contribution in [2.75, 3.05) is 0 Å². The van der Waals surface area contributed by atoms with Crippen molar-refractivity contribution in [2.45, 2.75) is 57.7 Å². The number of carbonyl (C=O) groups excluding carboxylic acids is 2. The van der Waals surface area contributed by atoms with Crippen molar-refractivity contribution in [1.82, 2.24) is 20.2 Å². The first-order valence-electron chi connectivity index (χ1n) is 10.8. The number of nitrogens with one attached hydrogen (secondary N) is 2. The maximum atomic E-state index is 14.0. The molecule has 1 saturated heterocycles. The number of hydrogen-bond donors (Lipinski definition) is 2. The van der Waals surface area contributed by atoms with E-state index in [-0.39, 0.29) is 23.5 Å². The quantitative estimate of drug-likeness (QED) is 0.613. The highest BCUT2D eigenvalue weighted by atomic mass is 19.1. The molecule has 3 atom stereocenters. The lowest BCUT2D eigenvalue weighted by Crippen LogP contribution is -2.63. The third-order valence-corrected chi connectivity index (χ3v) is 5.97. The van der Waals surface area contributed by atoms with Gasteiger partial charge in [-0.3, -0.25) is 14.6 Å². The van der Waals surface area contributed by atoms with Gasteiger partial charge in [-0.15, -0.1) is 0 Å². The number of aromatic nitrogens is 2. The number of nitrogens with zero attached hydrogens (tertiary/aromatic N) is 2. The van der Waals surface area contributed by atoms with Crippen LogP contribution < -0.4 is 10.6 Å². The second kappa shape index (κ2) is 8.88. The second-order valence-corrected chi connectivity index (χ2v) is 8.15. The van der Waals surface area contributed by atoms with E-state index in [1.807, 2.05) is 25.3 Å². The molecule has 0 aliphatic carbocycles. The van der Waals surface area contributed by atoms with Crippen molar-refractivity contribution in [2.24, 2.45) is 0 Å². The Hall–Kier alpha value is -3.22. The van der Waals surface area contributed by atoms with Crippen LogP contribution in [0.5, 0.6) is 0 Å².